The summed E-state index contributed by atoms with van der Waals surface area (Å²) in [4.78, 5) is 11.6. The third-order valence-electron chi connectivity index (χ3n) is 2.45. The summed E-state index contributed by atoms with van der Waals surface area (Å²) < 4.78 is 0. The van der Waals surface area contributed by atoms with Crippen LogP contribution in [0.25, 0.3) is 0 Å². The zero-order valence-electron chi connectivity index (χ0n) is 9.83. The second kappa shape index (κ2) is 7.01. The Labute approximate surface area is 97.0 Å². The summed E-state index contributed by atoms with van der Waals surface area (Å²) in [6.07, 6.45) is 3.10. The van der Waals surface area contributed by atoms with Crippen molar-refractivity contribution in [1.29, 1.82) is 0 Å². The van der Waals surface area contributed by atoms with Crippen LogP contribution < -0.4 is 11.1 Å². The van der Waals surface area contributed by atoms with Crippen LogP contribution in [0.15, 0.2) is 24.3 Å². The molecule has 0 saturated carbocycles. The van der Waals surface area contributed by atoms with Gasteiger partial charge in [-0.05, 0) is 50.4 Å². The van der Waals surface area contributed by atoms with E-state index in [4.69, 9.17) is 5.73 Å². The summed E-state index contributed by atoms with van der Waals surface area (Å²) in [5.41, 5.74) is 7.39. The fraction of sp³-hybridized carbons (Fsp3) is 0.462. The van der Waals surface area contributed by atoms with Crippen molar-refractivity contribution in [2.24, 2.45) is 5.73 Å². The summed E-state index contributed by atoms with van der Waals surface area (Å²) in [7, 11) is 0. The number of hydrogen-bond acceptors (Lipinski definition) is 2. The molecule has 0 aromatic heterocycles. The molecule has 0 aliphatic heterocycles. The Balaban J connectivity index is 2.60. The molecule has 0 aliphatic carbocycles. The summed E-state index contributed by atoms with van der Waals surface area (Å²) in [5.74, 6) is 0.00294. The smallest absolute Gasteiger partial charge is 0.251 e. The number of rotatable bonds is 6. The fourth-order valence-corrected chi connectivity index (χ4v) is 1.60. The molecule has 0 unspecified atom stereocenters. The van der Waals surface area contributed by atoms with Crippen LogP contribution in [0.5, 0.6) is 0 Å². The van der Waals surface area contributed by atoms with Crippen LogP contribution in [0.3, 0.4) is 0 Å². The zero-order valence-corrected chi connectivity index (χ0v) is 9.83. The van der Waals surface area contributed by atoms with E-state index >= 15 is 0 Å². The molecule has 0 fully saturated rings. The van der Waals surface area contributed by atoms with Gasteiger partial charge in [0, 0.05) is 12.1 Å². The van der Waals surface area contributed by atoms with E-state index in [2.05, 4.69) is 11.4 Å². The Bertz CT molecular complexity index is 336. The first-order valence-corrected chi connectivity index (χ1v) is 5.85. The number of amides is 1. The van der Waals surface area contributed by atoms with Gasteiger partial charge in [0.2, 0.25) is 0 Å². The normalized spacial score (nSPS) is 10.1. The molecule has 1 amide bonds. The van der Waals surface area contributed by atoms with Gasteiger partial charge in [-0.2, -0.15) is 0 Å². The van der Waals surface area contributed by atoms with E-state index in [1.807, 2.05) is 25.1 Å². The van der Waals surface area contributed by atoms with Crippen LogP contribution in [0.4, 0.5) is 0 Å². The first-order valence-electron chi connectivity index (χ1n) is 5.85. The zero-order chi connectivity index (χ0) is 11.8. The molecular formula is C13H20N2O. The van der Waals surface area contributed by atoms with Gasteiger partial charge in [-0.25, -0.2) is 0 Å². The second-order valence-corrected chi connectivity index (χ2v) is 3.81. The molecule has 3 heteroatoms. The van der Waals surface area contributed by atoms with Crippen molar-refractivity contribution in [2.75, 3.05) is 13.1 Å². The highest BCUT2D eigenvalue weighted by atomic mass is 16.1. The molecule has 0 bridgehead atoms. The number of unbranched alkanes of at least 4 members (excludes halogenated alkanes) is 1. The summed E-state index contributed by atoms with van der Waals surface area (Å²) in [5, 5.41) is 2.80. The third-order valence-corrected chi connectivity index (χ3v) is 2.45. The van der Waals surface area contributed by atoms with Gasteiger partial charge in [0.1, 0.15) is 0 Å². The third kappa shape index (κ3) is 4.03. The van der Waals surface area contributed by atoms with Gasteiger partial charge in [0.15, 0.2) is 0 Å². The predicted molar refractivity (Wildman–Crippen MR) is 66.4 cm³/mol. The van der Waals surface area contributed by atoms with Crippen molar-refractivity contribution in [2.45, 2.75) is 26.2 Å². The number of hydrogen-bond donors (Lipinski definition) is 2. The highest BCUT2D eigenvalue weighted by molar-refractivity contribution is 5.94. The van der Waals surface area contributed by atoms with Crippen LogP contribution in [0.2, 0.25) is 0 Å². The maximum absolute atomic E-state index is 11.6. The molecule has 0 aliphatic rings. The molecule has 3 nitrogen and oxygen atoms in total. The summed E-state index contributed by atoms with van der Waals surface area (Å²) >= 11 is 0. The standard InChI is InChI=1S/C13H20N2O/c1-2-15-13(16)12-8-5-7-11(10-12)6-3-4-9-14/h5,7-8,10H,2-4,6,9,14H2,1H3,(H,15,16). The molecule has 88 valence electrons. The molecule has 16 heavy (non-hydrogen) atoms. The number of benzene rings is 1. The van der Waals surface area contributed by atoms with Crippen molar-refractivity contribution in [1.82, 2.24) is 5.32 Å². The maximum atomic E-state index is 11.6. The summed E-state index contributed by atoms with van der Waals surface area (Å²) in [6.45, 7) is 3.31. The maximum Gasteiger partial charge on any atom is 0.251 e. The lowest BCUT2D eigenvalue weighted by atomic mass is 10.0. The minimum atomic E-state index is 0.00294. The van der Waals surface area contributed by atoms with Crippen LogP contribution in [-0.2, 0) is 6.42 Å². The lowest BCUT2D eigenvalue weighted by molar-refractivity contribution is 0.0955. The number of nitrogens with two attached hydrogens (primary N) is 1. The number of nitrogens with one attached hydrogen (secondary N) is 1. The second-order valence-electron chi connectivity index (χ2n) is 3.81. The number of aryl methyl sites for hydroxylation is 1. The number of carbonyl (C=O) groups is 1. The van der Waals surface area contributed by atoms with Crippen molar-refractivity contribution in [3.8, 4) is 0 Å². The molecule has 0 atom stereocenters. The largest absolute Gasteiger partial charge is 0.352 e. The summed E-state index contributed by atoms with van der Waals surface area (Å²) in [6, 6.07) is 7.79. The molecule has 0 radical (unpaired) electrons. The lowest BCUT2D eigenvalue weighted by Gasteiger charge is -2.05. The molecule has 0 heterocycles. The van der Waals surface area contributed by atoms with Gasteiger partial charge >= 0.3 is 0 Å². The average Bonchev–Trinajstić information content (AvgIpc) is 2.30. The van der Waals surface area contributed by atoms with Crippen molar-refractivity contribution >= 4 is 5.91 Å². The van der Waals surface area contributed by atoms with E-state index in [-0.39, 0.29) is 5.91 Å². The van der Waals surface area contributed by atoms with Crippen LogP contribution in [0.1, 0.15) is 35.7 Å². The van der Waals surface area contributed by atoms with Gasteiger partial charge in [0.05, 0.1) is 0 Å². The predicted octanol–water partition coefficient (Wildman–Crippen LogP) is 1.72. The van der Waals surface area contributed by atoms with E-state index in [1.54, 1.807) is 0 Å². The van der Waals surface area contributed by atoms with E-state index in [9.17, 15) is 4.79 Å². The fourth-order valence-electron chi connectivity index (χ4n) is 1.60. The molecule has 1 rings (SSSR count). The first-order chi connectivity index (χ1) is 7.77. The van der Waals surface area contributed by atoms with Gasteiger partial charge in [-0.1, -0.05) is 12.1 Å². The molecule has 0 saturated heterocycles. The minimum Gasteiger partial charge on any atom is -0.352 e. The number of carbonyl (C=O) groups excluding carboxylic acids is 1. The Morgan fingerprint density at radius 3 is 2.88 bits per heavy atom. The molecule has 3 N–H and O–H groups in total. The Morgan fingerprint density at radius 1 is 1.38 bits per heavy atom. The van der Waals surface area contributed by atoms with Crippen molar-refractivity contribution in [3.63, 3.8) is 0 Å². The van der Waals surface area contributed by atoms with Gasteiger partial charge in [-0.3, -0.25) is 4.79 Å². The monoisotopic (exact) mass is 220 g/mol. The molecule has 1 aromatic rings. The highest BCUT2D eigenvalue weighted by Gasteiger charge is 2.04. The molecular weight excluding hydrogens is 200 g/mol. The SMILES string of the molecule is CCNC(=O)c1cccc(CCCCN)c1. The average molecular weight is 220 g/mol. The Kier molecular flexibility index (Phi) is 5.57. The van der Waals surface area contributed by atoms with Gasteiger partial charge in [-0.15, -0.1) is 0 Å². The van der Waals surface area contributed by atoms with Crippen LogP contribution >= 0.6 is 0 Å². The lowest BCUT2D eigenvalue weighted by Crippen LogP contribution is -2.22. The topological polar surface area (TPSA) is 55.1 Å². The minimum absolute atomic E-state index is 0.00294. The highest BCUT2D eigenvalue weighted by Crippen LogP contribution is 2.08. The molecule has 1 aromatic carbocycles. The van der Waals surface area contributed by atoms with E-state index < -0.39 is 0 Å². The van der Waals surface area contributed by atoms with Crippen molar-refractivity contribution in [3.05, 3.63) is 35.4 Å². The van der Waals surface area contributed by atoms with E-state index in [1.165, 1.54) is 5.56 Å². The van der Waals surface area contributed by atoms with Gasteiger partial charge < -0.3 is 11.1 Å². The van der Waals surface area contributed by atoms with Crippen LogP contribution in [0, 0.1) is 0 Å². The quantitative estimate of drug-likeness (QED) is 0.717. The Hall–Kier alpha value is -1.35. The first kappa shape index (κ1) is 12.7. The molecule has 0 spiro atoms. The van der Waals surface area contributed by atoms with Crippen LogP contribution in [-0.4, -0.2) is 19.0 Å². The van der Waals surface area contributed by atoms with Gasteiger partial charge in [0.25, 0.3) is 5.91 Å². The Morgan fingerprint density at radius 2 is 2.19 bits per heavy atom. The van der Waals surface area contributed by atoms with Crippen molar-refractivity contribution < 1.29 is 4.79 Å². The van der Waals surface area contributed by atoms with E-state index in [0.717, 1.165) is 31.4 Å². The van der Waals surface area contributed by atoms with E-state index in [0.29, 0.717) is 6.54 Å².